The molecule has 0 saturated heterocycles. The van der Waals surface area contributed by atoms with Crippen molar-refractivity contribution in [2.75, 3.05) is 20.7 Å². The molecule has 4 nitrogen and oxygen atoms in total. The van der Waals surface area contributed by atoms with Gasteiger partial charge >= 0.3 is 5.97 Å². The first-order valence-electron chi connectivity index (χ1n) is 8.81. The average Bonchev–Trinajstić information content (AvgIpc) is 2.52. The van der Waals surface area contributed by atoms with E-state index in [-0.39, 0.29) is 11.0 Å². The van der Waals surface area contributed by atoms with Crippen LogP contribution in [0.3, 0.4) is 0 Å². The van der Waals surface area contributed by atoms with Crippen LogP contribution in [0.15, 0.2) is 30.3 Å². The summed E-state index contributed by atoms with van der Waals surface area (Å²) in [6, 6.07) is 8.18. The van der Waals surface area contributed by atoms with Gasteiger partial charge in [-0.05, 0) is 61.8 Å². The molecule has 0 aliphatic carbocycles. The monoisotopic (exact) mass is 363 g/mol. The molecule has 0 radical (unpaired) electrons. The Morgan fingerprint density at radius 2 is 1.88 bits per heavy atom. The van der Waals surface area contributed by atoms with Crippen molar-refractivity contribution in [3.63, 3.8) is 0 Å². The summed E-state index contributed by atoms with van der Waals surface area (Å²) in [6.07, 6.45) is 5.31. The highest BCUT2D eigenvalue weighted by Crippen LogP contribution is 2.39. The number of ether oxygens (including phenoxy) is 1. The van der Waals surface area contributed by atoms with Gasteiger partial charge in [-0.1, -0.05) is 38.1 Å². The second-order valence-electron chi connectivity index (χ2n) is 7.88. The topological polar surface area (TPSA) is 49.8 Å². The largest absolute Gasteiger partial charge is 0.466 e. The quantitative estimate of drug-likeness (QED) is 0.408. The van der Waals surface area contributed by atoms with Crippen LogP contribution in [0.5, 0.6) is 0 Å². The molecule has 0 aliphatic heterocycles. The van der Waals surface area contributed by atoms with E-state index in [1.165, 1.54) is 18.7 Å². The molecule has 0 saturated carbocycles. The van der Waals surface area contributed by atoms with Crippen LogP contribution in [0.2, 0.25) is 18.1 Å². The number of esters is 1. The van der Waals surface area contributed by atoms with Crippen molar-refractivity contribution in [1.29, 1.82) is 0 Å². The Balaban J connectivity index is 2.46. The first-order chi connectivity index (χ1) is 11.5. The fourth-order valence-corrected chi connectivity index (χ4v) is 3.24. The number of carbonyl (C=O) groups excluding carboxylic acids is 1. The van der Waals surface area contributed by atoms with Gasteiger partial charge < -0.3 is 14.4 Å². The van der Waals surface area contributed by atoms with E-state index < -0.39 is 8.32 Å². The second-order valence-corrected chi connectivity index (χ2v) is 12.4. The summed E-state index contributed by atoms with van der Waals surface area (Å²) in [5.41, 5.74) is 2.22. The van der Waals surface area contributed by atoms with Crippen LogP contribution in [0, 0.1) is 0 Å². The van der Waals surface area contributed by atoms with Crippen LogP contribution in [0.1, 0.15) is 37.8 Å². The SMILES string of the molecule is COC(=O)/C=C/c1ccc(CN(C)CCCC(C)(C)[Si](C)(C)O)cc1. The number of rotatable bonds is 9. The standard InChI is InChI=1S/C20H33NO3Si/c1-20(2,25(5,6)23)14-7-15-21(3)16-18-10-8-17(9-11-18)12-13-19(22)24-4/h8-13,23H,7,14-16H2,1-6H3/b13-12+. The van der Waals surface area contributed by atoms with Gasteiger partial charge in [0.25, 0.3) is 0 Å². The van der Waals surface area contributed by atoms with Crippen molar-refractivity contribution in [1.82, 2.24) is 4.90 Å². The molecule has 0 unspecified atom stereocenters. The zero-order valence-electron chi connectivity index (χ0n) is 16.5. The normalized spacial score (nSPS) is 12.8. The maximum Gasteiger partial charge on any atom is 0.330 e. The summed E-state index contributed by atoms with van der Waals surface area (Å²) < 4.78 is 4.58. The molecule has 1 aromatic rings. The molecule has 0 bridgehead atoms. The lowest BCUT2D eigenvalue weighted by Gasteiger charge is -2.35. The highest BCUT2D eigenvalue weighted by molar-refractivity contribution is 6.72. The molecule has 0 aromatic heterocycles. The van der Waals surface area contributed by atoms with Crippen LogP contribution in [-0.2, 0) is 16.1 Å². The van der Waals surface area contributed by atoms with Crippen LogP contribution < -0.4 is 0 Å². The van der Waals surface area contributed by atoms with Crippen LogP contribution >= 0.6 is 0 Å². The van der Waals surface area contributed by atoms with E-state index in [2.05, 4.69) is 42.7 Å². The Hall–Kier alpha value is -1.43. The van der Waals surface area contributed by atoms with Gasteiger partial charge in [0, 0.05) is 12.6 Å². The maximum absolute atomic E-state index is 11.1. The van der Waals surface area contributed by atoms with E-state index >= 15 is 0 Å². The molecule has 0 amide bonds. The average molecular weight is 364 g/mol. The zero-order chi connectivity index (χ0) is 19.1. The molecule has 0 atom stereocenters. The van der Waals surface area contributed by atoms with E-state index in [0.29, 0.717) is 0 Å². The van der Waals surface area contributed by atoms with Gasteiger partial charge in [-0.2, -0.15) is 0 Å². The van der Waals surface area contributed by atoms with Gasteiger partial charge in [0.1, 0.15) is 0 Å². The maximum atomic E-state index is 11.1. The van der Waals surface area contributed by atoms with Gasteiger partial charge in [-0.25, -0.2) is 4.79 Å². The Labute approximate surface area is 153 Å². The first-order valence-corrected chi connectivity index (χ1v) is 11.8. The summed E-state index contributed by atoms with van der Waals surface area (Å²) in [6.45, 7) is 10.3. The van der Waals surface area contributed by atoms with Crippen molar-refractivity contribution >= 4 is 20.4 Å². The summed E-state index contributed by atoms with van der Waals surface area (Å²) in [4.78, 5) is 23.8. The summed E-state index contributed by atoms with van der Waals surface area (Å²) in [7, 11) is 1.38. The molecule has 1 aromatic carbocycles. The van der Waals surface area contributed by atoms with E-state index in [4.69, 9.17) is 0 Å². The van der Waals surface area contributed by atoms with E-state index in [0.717, 1.165) is 31.5 Å². The molecule has 1 N–H and O–H groups in total. The second kappa shape index (κ2) is 9.32. The molecule has 0 spiro atoms. The Morgan fingerprint density at radius 1 is 1.28 bits per heavy atom. The van der Waals surface area contributed by atoms with Gasteiger partial charge in [-0.15, -0.1) is 0 Å². The predicted octanol–water partition coefficient (Wildman–Crippen LogP) is 4.06. The van der Waals surface area contributed by atoms with Crippen molar-refractivity contribution in [3.8, 4) is 0 Å². The Morgan fingerprint density at radius 3 is 2.40 bits per heavy atom. The highest BCUT2D eigenvalue weighted by Gasteiger charge is 2.37. The summed E-state index contributed by atoms with van der Waals surface area (Å²) in [5, 5.41) is 0.0431. The molecule has 140 valence electrons. The number of nitrogens with zero attached hydrogens (tertiary/aromatic N) is 1. The van der Waals surface area contributed by atoms with Crippen LogP contribution in [-0.4, -0.2) is 44.7 Å². The molecule has 1 rings (SSSR count). The third kappa shape index (κ3) is 7.55. The molecule has 5 heteroatoms. The van der Waals surface area contributed by atoms with E-state index in [9.17, 15) is 9.59 Å². The smallest absolute Gasteiger partial charge is 0.330 e. The molecule has 0 heterocycles. The Kier molecular flexibility index (Phi) is 8.05. The van der Waals surface area contributed by atoms with E-state index in [1.807, 2.05) is 25.2 Å². The number of benzene rings is 1. The van der Waals surface area contributed by atoms with Crippen molar-refractivity contribution in [2.45, 2.75) is 51.4 Å². The zero-order valence-corrected chi connectivity index (χ0v) is 17.5. The summed E-state index contributed by atoms with van der Waals surface area (Å²) in [5.74, 6) is -0.346. The number of hydrogen-bond donors (Lipinski definition) is 1. The lowest BCUT2D eigenvalue weighted by atomic mass is 10.1. The predicted molar refractivity (Wildman–Crippen MR) is 107 cm³/mol. The van der Waals surface area contributed by atoms with Crippen molar-refractivity contribution < 1.29 is 14.3 Å². The fraction of sp³-hybridized carbons (Fsp3) is 0.550. The minimum Gasteiger partial charge on any atom is -0.466 e. The minimum atomic E-state index is -2.11. The molecular formula is C20H33NO3Si. The van der Waals surface area contributed by atoms with Gasteiger partial charge in [0.05, 0.1) is 7.11 Å². The minimum absolute atomic E-state index is 0.0431. The van der Waals surface area contributed by atoms with Crippen LogP contribution in [0.4, 0.5) is 0 Å². The summed E-state index contributed by atoms with van der Waals surface area (Å²) >= 11 is 0. The van der Waals surface area contributed by atoms with E-state index in [1.54, 1.807) is 6.08 Å². The molecule has 0 aliphatic rings. The number of hydrogen-bond acceptors (Lipinski definition) is 4. The van der Waals surface area contributed by atoms with Crippen LogP contribution in [0.25, 0.3) is 6.08 Å². The van der Waals surface area contributed by atoms with Gasteiger partial charge in [-0.3, -0.25) is 0 Å². The third-order valence-corrected chi connectivity index (χ3v) is 8.61. The highest BCUT2D eigenvalue weighted by atomic mass is 28.4. The van der Waals surface area contributed by atoms with Gasteiger partial charge in [0.15, 0.2) is 8.32 Å². The molecule has 0 fully saturated rings. The fourth-order valence-electron chi connectivity index (χ4n) is 2.45. The number of methoxy groups -OCH3 is 1. The third-order valence-electron chi connectivity index (χ3n) is 5.04. The Bertz CT molecular complexity index is 574. The van der Waals surface area contributed by atoms with Gasteiger partial charge in [0.2, 0.25) is 0 Å². The molecular weight excluding hydrogens is 330 g/mol. The van der Waals surface area contributed by atoms with Crippen molar-refractivity contribution in [3.05, 3.63) is 41.5 Å². The van der Waals surface area contributed by atoms with Crippen molar-refractivity contribution in [2.24, 2.45) is 0 Å². The first kappa shape index (κ1) is 21.6. The lowest BCUT2D eigenvalue weighted by Crippen LogP contribution is -2.39. The lowest BCUT2D eigenvalue weighted by molar-refractivity contribution is -0.134. The number of carbonyl (C=O) groups is 1. The molecule has 25 heavy (non-hydrogen) atoms.